The van der Waals surface area contributed by atoms with Crippen LogP contribution in [0.3, 0.4) is 0 Å². The van der Waals surface area contributed by atoms with Crippen LogP contribution in [0.1, 0.15) is 32.6 Å². The molecule has 0 aromatic carbocycles. The largest absolute Gasteiger partial charge is 0.383 e. The van der Waals surface area contributed by atoms with Crippen molar-refractivity contribution in [3.63, 3.8) is 0 Å². The Labute approximate surface area is 116 Å². The molecule has 1 amide bonds. The molecule has 0 bridgehead atoms. The predicted molar refractivity (Wildman–Crippen MR) is 75.1 cm³/mol. The average Bonchev–Trinajstić information content (AvgIpc) is 3.08. The number of carbonyl (C=O) groups is 1. The molecule has 5 heteroatoms. The summed E-state index contributed by atoms with van der Waals surface area (Å²) in [6.07, 6.45) is 4.99. The second kappa shape index (κ2) is 7.22. The zero-order chi connectivity index (χ0) is 13.7. The Kier molecular flexibility index (Phi) is 5.60. The minimum Gasteiger partial charge on any atom is -0.383 e. The Balaban J connectivity index is 1.74. The van der Waals surface area contributed by atoms with Crippen LogP contribution in [0.25, 0.3) is 0 Å². The van der Waals surface area contributed by atoms with E-state index in [0.29, 0.717) is 25.2 Å². The molecule has 1 saturated heterocycles. The molecule has 1 heterocycles. The number of carbonyl (C=O) groups excluding carboxylic acids is 1. The first kappa shape index (κ1) is 14.8. The Hall–Kier alpha value is -0.650. The van der Waals surface area contributed by atoms with Gasteiger partial charge in [-0.1, -0.05) is 0 Å². The molecule has 0 radical (unpaired) electrons. The molecule has 0 aromatic heterocycles. The van der Waals surface area contributed by atoms with Crippen LogP contribution in [0.15, 0.2) is 0 Å². The van der Waals surface area contributed by atoms with E-state index in [9.17, 15) is 4.79 Å². The molecule has 110 valence electrons. The topological polar surface area (TPSA) is 53.6 Å². The molecule has 2 rings (SSSR count). The molecule has 1 saturated carbocycles. The third kappa shape index (κ3) is 5.09. The van der Waals surface area contributed by atoms with Gasteiger partial charge in [-0.15, -0.1) is 0 Å². The maximum atomic E-state index is 12.0. The SMILES string of the molecule is COCC(C)NC(=O)CN(CC1CCCN1)C1CC1. The molecular weight excluding hydrogens is 242 g/mol. The van der Waals surface area contributed by atoms with E-state index in [2.05, 4.69) is 15.5 Å². The first-order chi connectivity index (χ1) is 9.19. The van der Waals surface area contributed by atoms with E-state index in [-0.39, 0.29) is 11.9 Å². The minimum absolute atomic E-state index is 0.0863. The fraction of sp³-hybridized carbons (Fsp3) is 0.929. The predicted octanol–water partition coefficient (Wildman–Crippen LogP) is 0.354. The second-order valence-electron chi connectivity index (χ2n) is 5.88. The van der Waals surface area contributed by atoms with Crippen LogP contribution in [0.4, 0.5) is 0 Å². The third-order valence-corrected chi connectivity index (χ3v) is 3.85. The maximum Gasteiger partial charge on any atom is 0.234 e. The highest BCUT2D eigenvalue weighted by atomic mass is 16.5. The van der Waals surface area contributed by atoms with E-state index in [1.165, 1.54) is 25.7 Å². The van der Waals surface area contributed by atoms with Crippen LogP contribution in [-0.4, -0.2) is 62.3 Å². The standard InChI is InChI=1S/C14H27N3O2/c1-11(10-19-2)16-14(18)9-17(13-5-6-13)8-12-4-3-7-15-12/h11-13,15H,3-10H2,1-2H3,(H,16,18). The molecule has 1 aliphatic heterocycles. The molecule has 0 spiro atoms. The molecule has 2 aliphatic rings. The highest BCUT2D eigenvalue weighted by Gasteiger charge is 2.32. The number of methoxy groups -OCH3 is 1. The van der Waals surface area contributed by atoms with E-state index in [4.69, 9.17) is 4.74 Å². The van der Waals surface area contributed by atoms with Crippen molar-refractivity contribution in [1.29, 1.82) is 0 Å². The first-order valence-corrected chi connectivity index (χ1v) is 7.44. The fourth-order valence-corrected chi connectivity index (χ4v) is 2.77. The highest BCUT2D eigenvalue weighted by molar-refractivity contribution is 5.78. The summed E-state index contributed by atoms with van der Waals surface area (Å²) in [5, 5.41) is 6.50. The van der Waals surface area contributed by atoms with Gasteiger partial charge in [-0.3, -0.25) is 9.69 Å². The van der Waals surface area contributed by atoms with Gasteiger partial charge in [0.25, 0.3) is 0 Å². The number of hydrogen-bond acceptors (Lipinski definition) is 4. The average molecular weight is 269 g/mol. The number of ether oxygens (including phenoxy) is 1. The summed E-state index contributed by atoms with van der Waals surface area (Å²) in [7, 11) is 1.66. The molecule has 19 heavy (non-hydrogen) atoms. The van der Waals surface area contributed by atoms with E-state index >= 15 is 0 Å². The summed E-state index contributed by atoms with van der Waals surface area (Å²) in [5.41, 5.74) is 0. The highest BCUT2D eigenvalue weighted by Crippen LogP contribution is 2.27. The van der Waals surface area contributed by atoms with Gasteiger partial charge in [-0.2, -0.15) is 0 Å². The fourth-order valence-electron chi connectivity index (χ4n) is 2.77. The third-order valence-electron chi connectivity index (χ3n) is 3.85. The summed E-state index contributed by atoms with van der Waals surface area (Å²) in [4.78, 5) is 14.4. The van der Waals surface area contributed by atoms with Crippen molar-refractivity contribution in [3.05, 3.63) is 0 Å². The summed E-state index contributed by atoms with van der Waals surface area (Å²) in [6.45, 7) is 5.20. The van der Waals surface area contributed by atoms with E-state index < -0.39 is 0 Å². The van der Waals surface area contributed by atoms with E-state index in [1.54, 1.807) is 7.11 Å². The molecule has 1 aliphatic carbocycles. The van der Waals surface area contributed by atoms with E-state index in [0.717, 1.165) is 13.1 Å². The normalized spacial score (nSPS) is 24.7. The summed E-state index contributed by atoms with van der Waals surface area (Å²) in [6, 6.07) is 1.29. The van der Waals surface area contributed by atoms with Gasteiger partial charge < -0.3 is 15.4 Å². The smallest absolute Gasteiger partial charge is 0.234 e. The van der Waals surface area contributed by atoms with Crippen molar-refractivity contribution in [1.82, 2.24) is 15.5 Å². The van der Waals surface area contributed by atoms with Crippen molar-refractivity contribution in [2.24, 2.45) is 0 Å². The van der Waals surface area contributed by atoms with Gasteiger partial charge in [0.2, 0.25) is 5.91 Å². The first-order valence-electron chi connectivity index (χ1n) is 7.44. The van der Waals surface area contributed by atoms with Gasteiger partial charge in [0.1, 0.15) is 0 Å². The quantitative estimate of drug-likeness (QED) is 0.668. The molecule has 5 nitrogen and oxygen atoms in total. The number of rotatable bonds is 8. The van der Waals surface area contributed by atoms with Crippen molar-refractivity contribution in [2.75, 3.05) is 33.4 Å². The summed E-state index contributed by atoms with van der Waals surface area (Å²) >= 11 is 0. The molecule has 2 fully saturated rings. The maximum absolute atomic E-state index is 12.0. The van der Waals surface area contributed by atoms with Crippen molar-refractivity contribution >= 4 is 5.91 Å². The minimum atomic E-state index is 0.0863. The van der Waals surface area contributed by atoms with Gasteiger partial charge in [0, 0.05) is 31.8 Å². The second-order valence-corrected chi connectivity index (χ2v) is 5.88. The zero-order valence-corrected chi connectivity index (χ0v) is 12.2. The van der Waals surface area contributed by atoms with Crippen molar-refractivity contribution < 1.29 is 9.53 Å². The Bertz CT molecular complexity index is 288. The molecule has 2 atom stereocenters. The van der Waals surface area contributed by atoms with Crippen molar-refractivity contribution in [2.45, 2.75) is 50.7 Å². The zero-order valence-electron chi connectivity index (χ0n) is 12.2. The molecule has 0 aromatic rings. The van der Waals surface area contributed by atoms with Crippen LogP contribution >= 0.6 is 0 Å². The monoisotopic (exact) mass is 269 g/mol. The van der Waals surface area contributed by atoms with E-state index in [1.807, 2.05) is 6.92 Å². The number of amides is 1. The van der Waals surface area contributed by atoms with Gasteiger partial charge in [0.05, 0.1) is 13.2 Å². The van der Waals surface area contributed by atoms with Gasteiger partial charge in [0.15, 0.2) is 0 Å². The van der Waals surface area contributed by atoms with Crippen LogP contribution < -0.4 is 10.6 Å². The van der Waals surface area contributed by atoms with Crippen LogP contribution in [-0.2, 0) is 9.53 Å². The number of nitrogens with one attached hydrogen (secondary N) is 2. The lowest BCUT2D eigenvalue weighted by Crippen LogP contribution is -2.46. The van der Waals surface area contributed by atoms with Gasteiger partial charge in [-0.25, -0.2) is 0 Å². The van der Waals surface area contributed by atoms with Crippen LogP contribution in [0, 0.1) is 0 Å². The number of nitrogens with zero attached hydrogens (tertiary/aromatic N) is 1. The summed E-state index contributed by atoms with van der Waals surface area (Å²) in [5.74, 6) is 0.120. The van der Waals surface area contributed by atoms with Crippen LogP contribution in [0.5, 0.6) is 0 Å². The lowest BCUT2D eigenvalue weighted by atomic mass is 10.2. The molecule has 2 unspecified atom stereocenters. The lowest BCUT2D eigenvalue weighted by molar-refractivity contribution is -0.123. The Morgan fingerprint density at radius 1 is 1.47 bits per heavy atom. The molecular formula is C14H27N3O2. The summed E-state index contributed by atoms with van der Waals surface area (Å²) < 4.78 is 5.04. The molecule has 2 N–H and O–H groups in total. The van der Waals surface area contributed by atoms with Crippen LogP contribution in [0.2, 0.25) is 0 Å². The Morgan fingerprint density at radius 2 is 2.26 bits per heavy atom. The Morgan fingerprint density at radius 3 is 2.84 bits per heavy atom. The van der Waals surface area contributed by atoms with Crippen molar-refractivity contribution in [3.8, 4) is 0 Å². The number of hydrogen-bond donors (Lipinski definition) is 2. The lowest BCUT2D eigenvalue weighted by Gasteiger charge is -2.25. The van der Waals surface area contributed by atoms with Gasteiger partial charge in [-0.05, 0) is 39.2 Å². The van der Waals surface area contributed by atoms with Gasteiger partial charge >= 0.3 is 0 Å².